The number of carbonyl (C=O) groups excluding carboxylic acids is 1. The molecule has 0 radical (unpaired) electrons. The summed E-state index contributed by atoms with van der Waals surface area (Å²) in [5.41, 5.74) is 3.61. The number of nitrogens with one attached hydrogen (secondary N) is 1. The molecule has 0 bridgehead atoms. The molecular weight excluding hydrogens is 388 g/mol. The Kier molecular flexibility index (Phi) is 5.31. The van der Waals surface area contributed by atoms with Crippen LogP contribution in [-0.2, 0) is 4.79 Å². The van der Waals surface area contributed by atoms with E-state index in [0.29, 0.717) is 27.9 Å². The molecule has 4 rings (SSSR count). The summed E-state index contributed by atoms with van der Waals surface area (Å²) in [4.78, 5) is 16.9. The Morgan fingerprint density at radius 2 is 1.90 bits per heavy atom. The molecule has 0 spiro atoms. The summed E-state index contributed by atoms with van der Waals surface area (Å²) in [6, 6.07) is 20.1. The number of hydrogen-bond acceptors (Lipinski definition) is 4. The van der Waals surface area contributed by atoms with E-state index in [1.54, 1.807) is 37.5 Å². The van der Waals surface area contributed by atoms with Crippen LogP contribution in [0, 0.1) is 0 Å². The van der Waals surface area contributed by atoms with Crippen LogP contribution in [0.5, 0.6) is 5.75 Å². The molecule has 0 aliphatic heterocycles. The van der Waals surface area contributed by atoms with Crippen molar-refractivity contribution in [3.8, 4) is 17.2 Å². The van der Waals surface area contributed by atoms with Crippen LogP contribution in [0.4, 0.5) is 5.69 Å². The Morgan fingerprint density at radius 3 is 2.66 bits per heavy atom. The van der Waals surface area contributed by atoms with Crippen molar-refractivity contribution < 1.29 is 13.9 Å². The molecular formula is C23H17ClN2O3. The molecule has 0 unspecified atom stereocenters. The van der Waals surface area contributed by atoms with E-state index < -0.39 is 0 Å². The number of methoxy groups -OCH3 is 1. The van der Waals surface area contributed by atoms with Gasteiger partial charge < -0.3 is 14.5 Å². The largest absolute Gasteiger partial charge is 0.495 e. The van der Waals surface area contributed by atoms with Gasteiger partial charge in [-0.3, -0.25) is 4.79 Å². The molecule has 1 heterocycles. The number of benzene rings is 3. The zero-order valence-corrected chi connectivity index (χ0v) is 16.3. The third-order valence-electron chi connectivity index (χ3n) is 4.30. The summed E-state index contributed by atoms with van der Waals surface area (Å²) in [7, 11) is 1.55. The van der Waals surface area contributed by atoms with Crippen molar-refractivity contribution >= 4 is 40.4 Å². The highest BCUT2D eigenvalue weighted by Crippen LogP contribution is 2.32. The lowest BCUT2D eigenvalue weighted by Crippen LogP contribution is -2.09. The van der Waals surface area contributed by atoms with E-state index in [2.05, 4.69) is 10.3 Å². The minimum absolute atomic E-state index is 0.284. The van der Waals surface area contributed by atoms with Crippen molar-refractivity contribution in [1.29, 1.82) is 0 Å². The monoisotopic (exact) mass is 404 g/mol. The zero-order valence-electron chi connectivity index (χ0n) is 15.6. The Morgan fingerprint density at radius 1 is 1.10 bits per heavy atom. The number of hydrogen-bond donors (Lipinski definition) is 1. The molecule has 0 aliphatic carbocycles. The topological polar surface area (TPSA) is 64.4 Å². The van der Waals surface area contributed by atoms with Crippen molar-refractivity contribution in [2.75, 3.05) is 12.4 Å². The van der Waals surface area contributed by atoms with Crippen LogP contribution in [0.25, 0.3) is 28.6 Å². The van der Waals surface area contributed by atoms with Crippen LogP contribution in [0.3, 0.4) is 0 Å². The van der Waals surface area contributed by atoms with Crippen LogP contribution in [-0.4, -0.2) is 18.0 Å². The van der Waals surface area contributed by atoms with E-state index >= 15 is 0 Å². The Hall–Kier alpha value is -3.57. The van der Waals surface area contributed by atoms with Crippen LogP contribution < -0.4 is 10.1 Å². The van der Waals surface area contributed by atoms with Crippen molar-refractivity contribution in [2.45, 2.75) is 0 Å². The molecule has 0 fully saturated rings. The number of carbonyl (C=O) groups is 1. The average molecular weight is 405 g/mol. The van der Waals surface area contributed by atoms with Gasteiger partial charge in [0.05, 0.1) is 12.8 Å². The maximum atomic E-state index is 12.4. The molecule has 0 saturated heterocycles. The Balaban J connectivity index is 1.58. The first-order chi connectivity index (χ1) is 14.1. The lowest BCUT2D eigenvalue weighted by atomic mass is 10.1. The van der Waals surface area contributed by atoms with Gasteiger partial charge in [-0.05, 0) is 54.1 Å². The van der Waals surface area contributed by atoms with Gasteiger partial charge in [0.2, 0.25) is 11.8 Å². The first kappa shape index (κ1) is 18.8. The lowest BCUT2D eigenvalue weighted by Gasteiger charge is -2.10. The van der Waals surface area contributed by atoms with Gasteiger partial charge in [-0.15, -0.1) is 0 Å². The third kappa shape index (κ3) is 4.31. The van der Waals surface area contributed by atoms with Crippen LogP contribution in [0.2, 0.25) is 5.02 Å². The summed E-state index contributed by atoms with van der Waals surface area (Å²) < 4.78 is 11.2. The van der Waals surface area contributed by atoms with Gasteiger partial charge in [0.15, 0.2) is 5.58 Å². The van der Waals surface area contributed by atoms with Gasteiger partial charge in [-0.2, -0.15) is 0 Å². The van der Waals surface area contributed by atoms with E-state index in [0.717, 1.165) is 16.6 Å². The number of anilines is 1. The summed E-state index contributed by atoms with van der Waals surface area (Å²) in [6.45, 7) is 0. The van der Waals surface area contributed by atoms with E-state index in [1.807, 2.05) is 42.5 Å². The molecule has 1 N–H and O–H groups in total. The maximum absolute atomic E-state index is 12.4. The molecule has 4 aromatic rings. The first-order valence-electron chi connectivity index (χ1n) is 8.91. The highest BCUT2D eigenvalue weighted by Gasteiger charge is 2.12. The number of amides is 1. The van der Waals surface area contributed by atoms with Crippen molar-refractivity contribution in [3.63, 3.8) is 0 Å². The fourth-order valence-corrected chi connectivity index (χ4v) is 2.98. The standard InChI is InChI=1S/C23H17ClN2O3/c1-28-20-12-9-16(23-26-18-4-2-3-5-21(18)29-23)14-19(20)25-22(27)13-8-15-6-10-17(24)11-7-15/h2-14H,1H3,(H,25,27)/b13-8+. The minimum Gasteiger partial charge on any atom is -0.495 e. The summed E-state index contributed by atoms with van der Waals surface area (Å²) in [6.07, 6.45) is 3.16. The van der Waals surface area contributed by atoms with Crippen LogP contribution >= 0.6 is 11.6 Å². The number of halogens is 1. The Labute approximate surface area is 172 Å². The molecule has 3 aromatic carbocycles. The van der Waals surface area contributed by atoms with Gasteiger partial charge in [-0.25, -0.2) is 4.98 Å². The summed E-state index contributed by atoms with van der Waals surface area (Å²) in [5, 5.41) is 3.49. The molecule has 0 atom stereocenters. The van der Waals surface area contributed by atoms with Crippen molar-refractivity contribution in [3.05, 3.63) is 83.4 Å². The maximum Gasteiger partial charge on any atom is 0.248 e. The fraction of sp³-hybridized carbons (Fsp3) is 0.0435. The number of para-hydroxylation sites is 2. The SMILES string of the molecule is COc1ccc(-c2nc3ccccc3o2)cc1NC(=O)/C=C/c1ccc(Cl)cc1. The summed E-state index contributed by atoms with van der Waals surface area (Å²) in [5.74, 6) is 0.729. The van der Waals surface area contributed by atoms with Gasteiger partial charge in [0.25, 0.3) is 0 Å². The number of aromatic nitrogens is 1. The number of oxazole rings is 1. The molecule has 144 valence electrons. The van der Waals surface area contributed by atoms with Gasteiger partial charge >= 0.3 is 0 Å². The quantitative estimate of drug-likeness (QED) is 0.426. The lowest BCUT2D eigenvalue weighted by molar-refractivity contribution is -0.111. The molecule has 1 aromatic heterocycles. The van der Waals surface area contributed by atoms with E-state index in [-0.39, 0.29) is 5.91 Å². The van der Waals surface area contributed by atoms with Crippen molar-refractivity contribution in [2.24, 2.45) is 0 Å². The highest BCUT2D eigenvalue weighted by atomic mass is 35.5. The first-order valence-corrected chi connectivity index (χ1v) is 9.29. The van der Waals surface area contributed by atoms with Gasteiger partial charge in [-0.1, -0.05) is 35.9 Å². The number of nitrogens with zero attached hydrogens (tertiary/aromatic N) is 1. The van der Waals surface area contributed by atoms with E-state index in [9.17, 15) is 4.79 Å². The minimum atomic E-state index is -0.284. The molecule has 0 saturated carbocycles. The van der Waals surface area contributed by atoms with Crippen molar-refractivity contribution in [1.82, 2.24) is 4.98 Å². The van der Waals surface area contributed by atoms with Gasteiger partial charge in [0, 0.05) is 16.7 Å². The molecule has 1 amide bonds. The average Bonchev–Trinajstić information content (AvgIpc) is 3.17. The van der Waals surface area contributed by atoms with E-state index in [4.69, 9.17) is 20.8 Å². The second-order valence-corrected chi connectivity index (χ2v) is 6.71. The van der Waals surface area contributed by atoms with Gasteiger partial charge in [0.1, 0.15) is 11.3 Å². The zero-order chi connectivity index (χ0) is 20.2. The predicted octanol–water partition coefficient (Wildman–Crippen LogP) is 5.81. The fourth-order valence-electron chi connectivity index (χ4n) is 2.85. The second kappa shape index (κ2) is 8.20. The smallest absolute Gasteiger partial charge is 0.248 e. The normalized spacial score (nSPS) is 11.1. The van der Waals surface area contributed by atoms with Crippen LogP contribution in [0.15, 0.2) is 77.2 Å². The molecule has 5 nitrogen and oxygen atoms in total. The predicted molar refractivity (Wildman–Crippen MR) is 115 cm³/mol. The third-order valence-corrected chi connectivity index (χ3v) is 4.55. The van der Waals surface area contributed by atoms with E-state index in [1.165, 1.54) is 6.08 Å². The summed E-state index contributed by atoms with van der Waals surface area (Å²) >= 11 is 5.88. The second-order valence-electron chi connectivity index (χ2n) is 6.28. The highest BCUT2D eigenvalue weighted by molar-refractivity contribution is 6.30. The number of rotatable bonds is 5. The molecule has 6 heteroatoms. The molecule has 0 aliphatic rings. The molecule has 29 heavy (non-hydrogen) atoms. The van der Waals surface area contributed by atoms with Crippen LogP contribution in [0.1, 0.15) is 5.56 Å². The Bertz CT molecular complexity index is 1160. The number of ether oxygens (including phenoxy) is 1. The number of fused-ring (bicyclic) bond motifs is 1.